The molecule has 18 heavy (non-hydrogen) atoms. The average Bonchev–Trinajstić information content (AvgIpc) is 2.25. The number of hydrogen-bond acceptors (Lipinski definition) is 3. The van der Waals surface area contributed by atoms with E-state index in [2.05, 4.69) is 4.98 Å². The zero-order valence-electron chi connectivity index (χ0n) is 9.88. The molecule has 0 aliphatic heterocycles. The summed E-state index contributed by atoms with van der Waals surface area (Å²) in [5.41, 5.74) is -1.91. The molecule has 1 aromatic rings. The highest BCUT2D eigenvalue weighted by Gasteiger charge is 2.57. The van der Waals surface area contributed by atoms with Crippen molar-refractivity contribution in [2.24, 2.45) is 0 Å². The van der Waals surface area contributed by atoms with Gasteiger partial charge in [0.2, 0.25) is 5.54 Å². The Kier molecular flexibility index (Phi) is 3.95. The van der Waals surface area contributed by atoms with Gasteiger partial charge in [-0.2, -0.15) is 13.2 Å². The van der Waals surface area contributed by atoms with Crippen molar-refractivity contribution in [3.63, 3.8) is 0 Å². The van der Waals surface area contributed by atoms with Crippen molar-refractivity contribution in [3.8, 4) is 0 Å². The summed E-state index contributed by atoms with van der Waals surface area (Å²) in [5, 5.41) is 10.7. The van der Waals surface area contributed by atoms with Crippen LogP contribution in [0, 0.1) is 6.92 Å². The number of pyridine rings is 1. The van der Waals surface area contributed by atoms with Gasteiger partial charge in [-0.05, 0) is 25.5 Å². The van der Waals surface area contributed by atoms with Crippen LogP contribution in [0.5, 0.6) is 0 Å². The Bertz CT molecular complexity index is 448. The molecule has 4 nitrogen and oxygen atoms in total. The minimum atomic E-state index is -4.89. The molecule has 7 heteroatoms. The second-order valence-corrected chi connectivity index (χ2v) is 4.05. The smallest absolute Gasteiger partial charge is 0.417 e. The fraction of sp³-hybridized carbons (Fsp3) is 0.455. The van der Waals surface area contributed by atoms with E-state index in [1.807, 2.05) is 5.32 Å². The molecule has 0 fully saturated rings. The van der Waals surface area contributed by atoms with E-state index in [0.29, 0.717) is 18.2 Å². The van der Waals surface area contributed by atoms with Gasteiger partial charge in [0.1, 0.15) is 0 Å². The number of rotatable bonds is 4. The van der Waals surface area contributed by atoms with Crippen LogP contribution in [0.3, 0.4) is 0 Å². The maximum absolute atomic E-state index is 12.7. The Hall–Kier alpha value is -1.63. The number of carboxylic acid groups (broad SMARTS) is 1. The van der Waals surface area contributed by atoms with E-state index in [1.54, 1.807) is 19.1 Å². The third kappa shape index (κ3) is 2.79. The first kappa shape index (κ1) is 14.4. The largest absolute Gasteiger partial charge is 0.480 e. The molecule has 0 radical (unpaired) electrons. The summed E-state index contributed by atoms with van der Waals surface area (Å²) in [4.78, 5) is 14.7. The molecule has 0 amide bonds. The number of aryl methyl sites for hydroxylation is 1. The number of nitrogens with one attached hydrogen (secondary N) is 1. The van der Waals surface area contributed by atoms with Crippen LogP contribution in [0.25, 0.3) is 0 Å². The van der Waals surface area contributed by atoms with E-state index in [9.17, 15) is 18.0 Å². The molecule has 1 atom stereocenters. The van der Waals surface area contributed by atoms with E-state index in [0.717, 1.165) is 0 Å². The van der Waals surface area contributed by atoms with E-state index >= 15 is 0 Å². The van der Waals surface area contributed by atoms with Gasteiger partial charge in [-0.15, -0.1) is 0 Å². The summed E-state index contributed by atoms with van der Waals surface area (Å²) in [6.07, 6.45) is -3.45. The molecule has 1 unspecified atom stereocenters. The van der Waals surface area contributed by atoms with Crippen molar-refractivity contribution in [3.05, 3.63) is 29.6 Å². The molecular weight excluding hydrogens is 249 g/mol. The number of halogens is 3. The lowest BCUT2D eigenvalue weighted by Crippen LogP contribution is -2.59. The van der Waals surface area contributed by atoms with Crippen molar-refractivity contribution in [2.75, 3.05) is 0 Å². The summed E-state index contributed by atoms with van der Waals surface area (Å²) in [6, 6.07) is 3.34. The summed E-state index contributed by atoms with van der Waals surface area (Å²) in [6.45, 7) is 2.01. The first-order chi connectivity index (χ1) is 8.18. The fourth-order valence-electron chi connectivity index (χ4n) is 1.26. The predicted molar refractivity (Wildman–Crippen MR) is 57.9 cm³/mol. The Morgan fingerprint density at radius 1 is 1.50 bits per heavy atom. The lowest BCUT2D eigenvalue weighted by Gasteiger charge is -2.28. The molecule has 0 spiro atoms. The molecule has 0 bridgehead atoms. The van der Waals surface area contributed by atoms with Crippen LogP contribution < -0.4 is 5.32 Å². The molecular formula is C11H13F3N2O2. The first-order valence-electron chi connectivity index (χ1n) is 5.14. The van der Waals surface area contributed by atoms with Crippen molar-refractivity contribution in [1.82, 2.24) is 10.3 Å². The Morgan fingerprint density at radius 3 is 2.56 bits per heavy atom. The van der Waals surface area contributed by atoms with Gasteiger partial charge in [-0.1, -0.05) is 6.07 Å². The quantitative estimate of drug-likeness (QED) is 0.869. The van der Waals surface area contributed by atoms with Gasteiger partial charge in [0, 0.05) is 12.7 Å². The molecule has 0 aliphatic carbocycles. The number of carbonyl (C=O) groups is 1. The van der Waals surface area contributed by atoms with Gasteiger partial charge < -0.3 is 5.11 Å². The summed E-state index contributed by atoms with van der Waals surface area (Å²) in [7, 11) is 0. The summed E-state index contributed by atoms with van der Waals surface area (Å²) >= 11 is 0. The van der Waals surface area contributed by atoms with Crippen LogP contribution in [0.1, 0.15) is 18.2 Å². The van der Waals surface area contributed by atoms with Gasteiger partial charge in [0.25, 0.3) is 0 Å². The number of aromatic nitrogens is 1. The molecule has 0 aromatic carbocycles. The monoisotopic (exact) mass is 262 g/mol. The number of nitrogens with zero attached hydrogens (tertiary/aromatic N) is 1. The minimum absolute atomic E-state index is 0.269. The van der Waals surface area contributed by atoms with Gasteiger partial charge >= 0.3 is 12.1 Å². The Balaban J connectivity index is 2.89. The lowest BCUT2D eigenvalue weighted by atomic mass is 10.0. The lowest BCUT2D eigenvalue weighted by molar-refractivity contribution is -0.206. The second-order valence-electron chi connectivity index (χ2n) is 4.05. The molecule has 0 saturated heterocycles. The SMILES string of the molecule is Cc1cccnc1CNC(C)(C(=O)O)C(F)(F)F. The molecule has 2 N–H and O–H groups in total. The third-order valence-corrected chi connectivity index (χ3v) is 2.72. The van der Waals surface area contributed by atoms with Crippen LogP contribution in [-0.2, 0) is 11.3 Å². The number of aliphatic carboxylic acids is 1. The molecule has 1 heterocycles. The summed E-state index contributed by atoms with van der Waals surface area (Å²) in [5.74, 6) is -1.97. The van der Waals surface area contributed by atoms with Crippen LogP contribution in [0.15, 0.2) is 18.3 Å². The van der Waals surface area contributed by atoms with Gasteiger partial charge in [-0.25, -0.2) is 4.79 Å². The molecule has 0 saturated carbocycles. The zero-order valence-corrected chi connectivity index (χ0v) is 9.88. The van der Waals surface area contributed by atoms with E-state index in [-0.39, 0.29) is 6.54 Å². The van der Waals surface area contributed by atoms with E-state index < -0.39 is 17.7 Å². The molecule has 1 rings (SSSR count). The topological polar surface area (TPSA) is 62.2 Å². The van der Waals surface area contributed by atoms with Crippen LogP contribution in [0.4, 0.5) is 13.2 Å². The average molecular weight is 262 g/mol. The standard InChI is InChI=1S/C11H13F3N2O2/c1-7-4-3-5-15-8(7)6-16-10(2,9(17)18)11(12,13)14/h3-5,16H,6H2,1-2H3,(H,17,18). The minimum Gasteiger partial charge on any atom is -0.480 e. The maximum Gasteiger partial charge on any atom is 0.417 e. The van der Waals surface area contributed by atoms with E-state index in [4.69, 9.17) is 5.11 Å². The highest BCUT2D eigenvalue weighted by atomic mass is 19.4. The first-order valence-corrected chi connectivity index (χ1v) is 5.14. The number of hydrogen-bond donors (Lipinski definition) is 2. The molecule has 1 aromatic heterocycles. The highest BCUT2D eigenvalue weighted by molar-refractivity contribution is 5.79. The van der Waals surface area contributed by atoms with Crippen molar-refractivity contribution < 1.29 is 23.1 Å². The predicted octanol–water partition coefficient (Wildman–Crippen LogP) is 1.89. The van der Waals surface area contributed by atoms with Gasteiger partial charge in [0.05, 0.1) is 5.69 Å². The second kappa shape index (κ2) is 4.93. The van der Waals surface area contributed by atoms with Crippen molar-refractivity contribution >= 4 is 5.97 Å². The molecule has 0 aliphatic rings. The van der Waals surface area contributed by atoms with Crippen molar-refractivity contribution in [2.45, 2.75) is 32.1 Å². The van der Waals surface area contributed by atoms with Crippen LogP contribution in [0.2, 0.25) is 0 Å². The van der Waals surface area contributed by atoms with Gasteiger partial charge in [0.15, 0.2) is 0 Å². The highest BCUT2D eigenvalue weighted by Crippen LogP contribution is 2.30. The Labute approximate surface area is 102 Å². The van der Waals surface area contributed by atoms with Crippen molar-refractivity contribution in [1.29, 1.82) is 0 Å². The van der Waals surface area contributed by atoms with Crippen LogP contribution >= 0.6 is 0 Å². The van der Waals surface area contributed by atoms with Gasteiger partial charge in [-0.3, -0.25) is 10.3 Å². The molecule has 100 valence electrons. The Morgan fingerprint density at radius 2 is 2.11 bits per heavy atom. The normalized spacial score (nSPS) is 15.2. The summed E-state index contributed by atoms with van der Waals surface area (Å²) < 4.78 is 38.1. The fourth-order valence-corrected chi connectivity index (χ4v) is 1.26. The third-order valence-electron chi connectivity index (χ3n) is 2.72. The zero-order chi connectivity index (χ0) is 14.0. The van der Waals surface area contributed by atoms with Crippen LogP contribution in [-0.4, -0.2) is 27.8 Å². The maximum atomic E-state index is 12.7. The number of alkyl halides is 3. The van der Waals surface area contributed by atoms with E-state index in [1.165, 1.54) is 6.20 Å². The number of carboxylic acids is 1.